The van der Waals surface area contributed by atoms with E-state index in [1.54, 1.807) is 0 Å². The second-order valence-electron chi connectivity index (χ2n) is 17.7. The quantitative estimate of drug-likeness (QED) is 0.0232. The Morgan fingerprint density at radius 3 is 1.65 bits per heavy atom. The van der Waals surface area contributed by atoms with Crippen LogP contribution in [0.3, 0.4) is 0 Å². The average molecular weight is 984 g/mol. The summed E-state index contributed by atoms with van der Waals surface area (Å²) < 4.78 is 52.0. The molecule has 0 aromatic carbocycles. The number of aliphatic hydroxyl groups is 2. The van der Waals surface area contributed by atoms with Crippen molar-refractivity contribution in [3.63, 3.8) is 0 Å². The number of nitrogens with two attached hydrogens (primary N) is 1. The standard InChI is InChI=1S/C46H87N3O13P2S/c1-3-5-7-9-11-13-15-17-18-19-21-23-25-27-29-31-35-65-38-39(60-42(50)32-30-28-26-24-22-20-16-14-12-10-8-6-4-2)36-58-63(54,55)62-64(56,57)59-37-40-43(51)44(52)45(61-40)49-34-33-41(47)48-46(49)53/h33-34,39-40,43-45,51-52H,3-32,35-38H2,1-2H3,(H,54,55)(H,56,57)(H2,47,48,53)/t39?,40-,43-,44+,45?/m1/s1. The fraction of sp³-hybridized carbons (Fsp3) is 0.891. The molecule has 0 radical (unpaired) electrons. The van der Waals surface area contributed by atoms with Crippen molar-refractivity contribution in [1.82, 2.24) is 9.55 Å². The lowest BCUT2D eigenvalue weighted by molar-refractivity contribution is -0.149. The van der Waals surface area contributed by atoms with Crippen LogP contribution in [0.25, 0.3) is 0 Å². The number of aromatic nitrogens is 2. The number of carbonyl (C=O) groups is 1. The number of anilines is 1. The van der Waals surface area contributed by atoms with E-state index in [9.17, 15) is 38.7 Å². The second kappa shape index (κ2) is 36.6. The minimum atomic E-state index is -5.32. The Hall–Kier alpha value is -1.36. The molecular formula is C46H87N3O13P2S. The summed E-state index contributed by atoms with van der Waals surface area (Å²) in [6, 6.07) is 1.27. The van der Waals surface area contributed by atoms with Gasteiger partial charge in [-0.2, -0.15) is 21.1 Å². The molecular weight excluding hydrogens is 897 g/mol. The third-order valence-electron chi connectivity index (χ3n) is 11.7. The minimum absolute atomic E-state index is 0.0768. The van der Waals surface area contributed by atoms with Gasteiger partial charge in [-0.1, -0.05) is 187 Å². The number of ether oxygens (including phenoxy) is 2. The molecule has 1 aliphatic rings. The maximum atomic E-state index is 12.9. The lowest BCUT2D eigenvalue weighted by atomic mass is 10.0. The van der Waals surface area contributed by atoms with E-state index >= 15 is 0 Å². The van der Waals surface area contributed by atoms with Crippen molar-refractivity contribution in [2.24, 2.45) is 0 Å². The average Bonchev–Trinajstić information content (AvgIpc) is 3.54. The van der Waals surface area contributed by atoms with Gasteiger partial charge in [0.25, 0.3) is 0 Å². The van der Waals surface area contributed by atoms with Gasteiger partial charge in [-0.15, -0.1) is 0 Å². The lowest BCUT2D eigenvalue weighted by Gasteiger charge is -2.21. The van der Waals surface area contributed by atoms with Crippen LogP contribution in [-0.4, -0.2) is 84.7 Å². The second-order valence-corrected chi connectivity index (χ2v) is 21.9. The number of hydrogen-bond acceptors (Lipinski definition) is 14. The van der Waals surface area contributed by atoms with E-state index in [1.807, 2.05) is 0 Å². The summed E-state index contributed by atoms with van der Waals surface area (Å²) in [5.41, 5.74) is 4.63. The fourth-order valence-electron chi connectivity index (χ4n) is 7.85. The zero-order valence-electron chi connectivity index (χ0n) is 39.8. The summed E-state index contributed by atoms with van der Waals surface area (Å²) in [5.74, 6) is 0.546. The summed E-state index contributed by atoms with van der Waals surface area (Å²) in [4.78, 5) is 49.3. The van der Waals surface area contributed by atoms with Crippen LogP contribution < -0.4 is 11.4 Å². The smallest absolute Gasteiger partial charge is 0.459 e. The van der Waals surface area contributed by atoms with Crippen LogP contribution in [0.5, 0.6) is 0 Å². The summed E-state index contributed by atoms with van der Waals surface area (Å²) in [6.45, 7) is 3.03. The zero-order valence-corrected chi connectivity index (χ0v) is 42.4. The van der Waals surface area contributed by atoms with E-state index in [1.165, 1.54) is 165 Å². The van der Waals surface area contributed by atoms with E-state index < -0.39 is 71.2 Å². The van der Waals surface area contributed by atoms with Crippen LogP contribution in [0.1, 0.15) is 213 Å². The van der Waals surface area contributed by atoms with Crippen molar-refractivity contribution in [3.05, 3.63) is 22.7 Å². The summed E-state index contributed by atoms with van der Waals surface area (Å²) in [5, 5.41) is 20.9. The van der Waals surface area contributed by atoms with Crippen LogP contribution in [0, 0.1) is 0 Å². The number of nitrogens with zero attached hydrogens (tertiary/aromatic N) is 2. The molecule has 2 heterocycles. The molecule has 1 aliphatic heterocycles. The number of aliphatic hydroxyl groups excluding tert-OH is 2. The maximum Gasteiger partial charge on any atom is 0.481 e. The van der Waals surface area contributed by atoms with Crippen molar-refractivity contribution in [2.75, 3.05) is 30.5 Å². The van der Waals surface area contributed by atoms with Gasteiger partial charge in [-0.05, 0) is 24.7 Å². The van der Waals surface area contributed by atoms with Gasteiger partial charge >= 0.3 is 27.3 Å². The van der Waals surface area contributed by atoms with Gasteiger partial charge in [-0.3, -0.25) is 18.4 Å². The third kappa shape index (κ3) is 29.3. The van der Waals surface area contributed by atoms with Crippen LogP contribution in [0.4, 0.5) is 5.82 Å². The normalized spacial score (nSPS) is 19.8. The molecule has 1 fully saturated rings. The van der Waals surface area contributed by atoms with Gasteiger partial charge in [0.05, 0.1) is 13.2 Å². The Morgan fingerprint density at radius 2 is 1.17 bits per heavy atom. The number of nitrogen functional groups attached to an aromatic ring is 1. The number of phosphoric ester groups is 2. The van der Waals surface area contributed by atoms with Crippen molar-refractivity contribution in [1.29, 1.82) is 0 Å². The van der Waals surface area contributed by atoms with Crippen molar-refractivity contribution < 1.29 is 56.8 Å². The third-order valence-corrected chi connectivity index (χ3v) is 15.5. The number of rotatable bonds is 43. The van der Waals surface area contributed by atoms with E-state index in [4.69, 9.17) is 24.3 Å². The summed E-state index contributed by atoms with van der Waals surface area (Å²) in [6.07, 6.45) is 29.9. The van der Waals surface area contributed by atoms with E-state index in [0.717, 1.165) is 48.8 Å². The first-order chi connectivity index (χ1) is 31.3. The molecule has 19 heteroatoms. The molecule has 1 aromatic rings. The van der Waals surface area contributed by atoms with Crippen molar-refractivity contribution >= 4 is 39.2 Å². The Kier molecular flexibility index (Phi) is 33.7. The molecule has 0 amide bonds. The molecule has 4 unspecified atom stereocenters. The van der Waals surface area contributed by atoms with E-state index in [0.29, 0.717) is 6.42 Å². The molecule has 1 aromatic heterocycles. The molecule has 2 rings (SSSR count). The summed E-state index contributed by atoms with van der Waals surface area (Å²) >= 11 is 1.54. The highest BCUT2D eigenvalue weighted by atomic mass is 32.2. The highest BCUT2D eigenvalue weighted by Gasteiger charge is 2.46. The minimum Gasteiger partial charge on any atom is -0.459 e. The first-order valence-corrected chi connectivity index (χ1v) is 29.2. The Balaban J connectivity index is 1.76. The SMILES string of the molecule is CCCCCCCCCCCCCCCCCCSCC(COP(=O)(O)OP(=O)(O)OC[C@H]1OC(n2ccc(N)nc2=O)[C@@H](O)[C@@H]1O)OC(=O)CCCCCCCCCCCCCCC. The van der Waals surface area contributed by atoms with Crippen LogP contribution in [0.15, 0.2) is 17.1 Å². The molecule has 16 nitrogen and oxygen atoms in total. The molecule has 0 saturated carbocycles. The largest absolute Gasteiger partial charge is 0.481 e. The maximum absolute atomic E-state index is 12.9. The van der Waals surface area contributed by atoms with Gasteiger partial charge in [0.15, 0.2) is 6.23 Å². The van der Waals surface area contributed by atoms with Gasteiger partial charge < -0.3 is 35.2 Å². The molecule has 65 heavy (non-hydrogen) atoms. The van der Waals surface area contributed by atoms with Crippen LogP contribution in [0.2, 0.25) is 0 Å². The van der Waals surface area contributed by atoms with E-state index in [2.05, 4.69) is 23.1 Å². The first-order valence-electron chi connectivity index (χ1n) is 25.1. The fourth-order valence-corrected chi connectivity index (χ4v) is 11.0. The predicted molar refractivity (Wildman–Crippen MR) is 259 cm³/mol. The lowest BCUT2D eigenvalue weighted by Crippen LogP contribution is -2.36. The molecule has 0 aliphatic carbocycles. The van der Waals surface area contributed by atoms with Crippen molar-refractivity contribution in [3.8, 4) is 0 Å². The predicted octanol–water partition coefficient (Wildman–Crippen LogP) is 11.1. The number of carbonyl (C=O) groups excluding carboxylic acids is 1. The van der Waals surface area contributed by atoms with E-state index in [-0.39, 0.29) is 18.0 Å². The zero-order chi connectivity index (χ0) is 47.6. The number of phosphoric acid groups is 2. The van der Waals surface area contributed by atoms with Crippen LogP contribution in [-0.2, 0) is 36.8 Å². The number of hydrogen-bond donors (Lipinski definition) is 5. The van der Waals surface area contributed by atoms with Crippen LogP contribution >= 0.6 is 27.4 Å². The molecule has 1 saturated heterocycles. The topological polar surface area (TPSA) is 239 Å². The highest BCUT2D eigenvalue weighted by molar-refractivity contribution is 7.99. The van der Waals surface area contributed by atoms with Gasteiger partial charge in [0.2, 0.25) is 0 Å². The number of esters is 1. The van der Waals surface area contributed by atoms with Gasteiger partial charge in [0.1, 0.15) is 30.2 Å². The Morgan fingerprint density at radius 1 is 0.723 bits per heavy atom. The molecule has 0 bridgehead atoms. The summed E-state index contributed by atoms with van der Waals surface area (Å²) in [7, 11) is -10.6. The number of thioether (sulfide) groups is 1. The highest BCUT2D eigenvalue weighted by Crippen LogP contribution is 2.60. The molecule has 380 valence electrons. The number of unbranched alkanes of at least 4 members (excludes halogenated alkanes) is 27. The van der Waals surface area contributed by atoms with Crippen molar-refractivity contribution in [2.45, 2.75) is 237 Å². The Bertz CT molecular complexity index is 1530. The molecule has 7 atom stereocenters. The molecule has 0 spiro atoms. The monoisotopic (exact) mass is 984 g/mol. The van der Waals surface area contributed by atoms with Gasteiger partial charge in [-0.25, -0.2) is 13.9 Å². The first kappa shape index (κ1) is 59.8. The Labute approximate surface area is 394 Å². The van der Waals surface area contributed by atoms with Gasteiger partial charge in [0, 0.05) is 18.4 Å². The molecule has 6 N–H and O–H groups in total.